The number of ether oxygens (including phenoxy) is 1. The lowest BCUT2D eigenvalue weighted by Gasteiger charge is -2.22. The van der Waals surface area contributed by atoms with E-state index in [2.05, 4.69) is 4.98 Å². The Morgan fingerprint density at radius 1 is 1.13 bits per heavy atom. The molecule has 0 saturated carbocycles. The van der Waals surface area contributed by atoms with E-state index in [0.29, 0.717) is 12.3 Å². The van der Waals surface area contributed by atoms with Crippen LogP contribution < -0.4 is 0 Å². The highest BCUT2D eigenvalue weighted by molar-refractivity contribution is 6.00. The third-order valence-corrected chi connectivity index (χ3v) is 5.52. The molecule has 0 radical (unpaired) electrons. The Labute approximate surface area is 172 Å². The number of hydrogen-bond acceptors (Lipinski definition) is 4. The van der Waals surface area contributed by atoms with E-state index in [0.717, 1.165) is 47.0 Å². The van der Waals surface area contributed by atoms with E-state index >= 15 is 0 Å². The fourth-order valence-corrected chi connectivity index (χ4v) is 4.02. The zero-order valence-corrected chi connectivity index (χ0v) is 16.6. The largest absolute Gasteiger partial charge is 0.357 e. The summed E-state index contributed by atoms with van der Waals surface area (Å²) < 4.78 is 22.8. The molecule has 152 valence electrons. The Morgan fingerprint density at radius 3 is 2.70 bits per heavy atom. The topological polar surface area (TPSA) is 61.9 Å². The number of carbonyl (C=O) groups is 1. The van der Waals surface area contributed by atoms with Crippen molar-refractivity contribution in [3.05, 3.63) is 60.8 Å². The quantitative estimate of drug-likeness (QED) is 0.479. The molecule has 1 aromatic carbocycles. The molecule has 5 rings (SSSR count). The lowest BCUT2D eigenvalue weighted by molar-refractivity contribution is -0.0393. The molecule has 0 amide bonds. The second-order valence-corrected chi connectivity index (χ2v) is 7.50. The van der Waals surface area contributed by atoms with E-state index in [1.807, 2.05) is 23.0 Å². The van der Waals surface area contributed by atoms with Gasteiger partial charge in [-0.05, 0) is 61.2 Å². The van der Waals surface area contributed by atoms with Crippen LogP contribution in [0, 0.1) is 5.82 Å². The molecule has 1 aliphatic heterocycles. The average Bonchev–Trinajstić information content (AvgIpc) is 3.40. The molecule has 1 fully saturated rings. The molecule has 4 heterocycles. The van der Waals surface area contributed by atoms with Gasteiger partial charge in [-0.25, -0.2) is 14.1 Å². The van der Waals surface area contributed by atoms with Gasteiger partial charge in [-0.1, -0.05) is 0 Å². The Balaban J connectivity index is 1.70. The van der Waals surface area contributed by atoms with Crippen LogP contribution in [0.15, 0.2) is 55.0 Å². The number of nitrogens with zero attached hydrogens (tertiary/aromatic N) is 4. The molecule has 4 aromatic rings. The first-order chi connectivity index (χ1) is 14.6. The predicted molar refractivity (Wildman–Crippen MR) is 111 cm³/mol. The second kappa shape index (κ2) is 7.50. The number of benzene rings is 1. The summed E-state index contributed by atoms with van der Waals surface area (Å²) in [7, 11) is 0. The summed E-state index contributed by atoms with van der Waals surface area (Å²) in [6, 6.07) is 10.1. The van der Waals surface area contributed by atoms with Crippen LogP contribution in [0.2, 0.25) is 0 Å². The van der Waals surface area contributed by atoms with Gasteiger partial charge < -0.3 is 4.74 Å². The van der Waals surface area contributed by atoms with Crippen molar-refractivity contribution in [2.24, 2.45) is 0 Å². The molecule has 30 heavy (non-hydrogen) atoms. The van der Waals surface area contributed by atoms with Crippen molar-refractivity contribution in [1.29, 1.82) is 0 Å². The molecule has 7 heteroatoms. The van der Waals surface area contributed by atoms with Gasteiger partial charge in [0.1, 0.15) is 23.4 Å². The Bertz CT molecular complexity index is 1220. The van der Waals surface area contributed by atoms with Crippen LogP contribution in [0.1, 0.15) is 37.2 Å². The predicted octanol–water partition coefficient (Wildman–Crippen LogP) is 5.07. The number of pyridine rings is 1. The number of aromatic nitrogens is 4. The van der Waals surface area contributed by atoms with Crippen molar-refractivity contribution in [3.8, 4) is 22.4 Å². The lowest BCUT2D eigenvalue weighted by atomic mass is 10.0. The number of carbonyl (C=O) groups excluding carboxylic acids is 1. The van der Waals surface area contributed by atoms with E-state index in [1.54, 1.807) is 24.5 Å². The standard InChI is InChI=1S/C23H21FN4O2/c1-15(29)27-12-10-19-18(9-11-25-23(19)27)20-14-28(21-4-2-3-13-30-21)26-22(20)16-5-7-17(24)8-6-16/h5-12,14,21H,2-4,13H2,1H3. The van der Waals surface area contributed by atoms with Crippen LogP contribution >= 0.6 is 0 Å². The van der Waals surface area contributed by atoms with Crippen molar-refractivity contribution in [3.63, 3.8) is 0 Å². The number of fused-ring (bicyclic) bond motifs is 1. The maximum Gasteiger partial charge on any atom is 0.229 e. The minimum Gasteiger partial charge on any atom is -0.357 e. The van der Waals surface area contributed by atoms with Gasteiger partial charge in [0.15, 0.2) is 0 Å². The van der Waals surface area contributed by atoms with Crippen molar-refractivity contribution in [2.45, 2.75) is 32.4 Å². The minimum atomic E-state index is -0.291. The fourth-order valence-electron chi connectivity index (χ4n) is 4.02. The molecule has 1 aliphatic rings. The van der Waals surface area contributed by atoms with Crippen LogP contribution in [0.4, 0.5) is 4.39 Å². The molecule has 6 nitrogen and oxygen atoms in total. The Morgan fingerprint density at radius 2 is 1.97 bits per heavy atom. The molecular formula is C23H21FN4O2. The summed E-state index contributed by atoms with van der Waals surface area (Å²) in [4.78, 5) is 16.4. The maximum atomic E-state index is 13.5. The van der Waals surface area contributed by atoms with Crippen molar-refractivity contribution in [2.75, 3.05) is 6.61 Å². The number of hydrogen-bond donors (Lipinski definition) is 0. The summed E-state index contributed by atoms with van der Waals surface area (Å²) >= 11 is 0. The van der Waals surface area contributed by atoms with Crippen molar-refractivity contribution in [1.82, 2.24) is 19.3 Å². The molecule has 0 bridgehead atoms. The summed E-state index contributed by atoms with van der Waals surface area (Å²) in [6.45, 7) is 2.23. The molecule has 1 atom stereocenters. The first-order valence-corrected chi connectivity index (χ1v) is 10.1. The van der Waals surface area contributed by atoms with E-state index in [-0.39, 0.29) is 18.0 Å². The Kier molecular flexibility index (Phi) is 4.67. The molecule has 1 saturated heterocycles. The third kappa shape index (κ3) is 3.21. The van der Waals surface area contributed by atoms with Crippen LogP contribution in [0.5, 0.6) is 0 Å². The first kappa shape index (κ1) is 18.7. The summed E-state index contributed by atoms with van der Waals surface area (Å²) in [5.41, 5.74) is 3.97. The van der Waals surface area contributed by atoms with Crippen molar-refractivity contribution < 1.29 is 13.9 Å². The zero-order valence-electron chi connectivity index (χ0n) is 16.6. The van der Waals surface area contributed by atoms with Gasteiger partial charge in [-0.15, -0.1) is 0 Å². The van der Waals surface area contributed by atoms with E-state index in [1.165, 1.54) is 23.6 Å². The summed E-state index contributed by atoms with van der Waals surface area (Å²) in [6.07, 6.45) is 8.33. The molecular weight excluding hydrogens is 383 g/mol. The van der Waals surface area contributed by atoms with E-state index < -0.39 is 0 Å². The highest BCUT2D eigenvalue weighted by Crippen LogP contribution is 2.37. The minimum absolute atomic E-state index is 0.0975. The van der Waals surface area contributed by atoms with E-state index in [4.69, 9.17) is 9.84 Å². The van der Waals surface area contributed by atoms with Gasteiger partial charge in [-0.2, -0.15) is 5.10 Å². The van der Waals surface area contributed by atoms with Crippen molar-refractivity contribution >= 4 is 16.9 Å². The van der Waals surface area contributed by atoms with Gasteiger partial charge in [0, 0.05) is 48.6 Å². The Hall–Kier alpha value is -3.32. The van der Waals surface area contributed by atoms with Gasteiger partial charge >= 0.3 is 0 Å². The normalized spacial score (nSPS) is 16.8. The van der Waals surface area contributed by atoms with Gasteiger partial charge in [0.25, 0.3) is 0 Å². The summed E-state index contributed by atoms with van der Waals surface area (Å²) in [5.74, 6) is -0.389. The monoisotopic (exact) mass is 404 g/mol. The fraction of sp³-hybridized carbons (Fsp3) is 0.261. The van der Waals surface area contributed by atoms with E-state index in [9.17, 15) is 9.18 Å². The average molecular weight is 404 g/mol. The molecule has 0 spiro atoms. The summed E-state index contributed by atoms with van der Waals surface area (Å²) in [5, 5.41) is 5.70. The number of rotatable bonds is 3. The SMILES string of the molecule is CC(=O)n1ccc2c(-c3cn(C4CCCCO4)nc3-c3ccc(F)cc3)ccnc21. The van der Waals surface area contributed by atoms with Gasteiger partial charge in [0.2, 0.25) is 5.91 Å². The first-order valence-electron chi connectivity index (χ1n) is 10.1. The highest BCUT2D eigenvalue weighted by Gasteiger charge is 2.22. The molecule has 0 N–H and O–H groups in total. The molecule has 3 aromatic heterocycles. The highest BCUT2D eigenvalue weighted by atomic mass is 19.1. The van der Waals surface area contributed by atoms with Crippen LogP contribution in [0.25, 0.3) is 33.4 Å². The lowest BCUT2D eigenvalue weighted by Crippen LogP contribution is -2.18. The zero-order chi connectivity index (χ0) is 20.7. The second-order valence-electron chi connectivity index (χ2n) is 7.50. The maximum absolute atomic E-state index is 13.5. The van der Waals surface area contributed by atoms with Crippen LogP contribution in [0.3, 0.4) is 0 Å². The third-order valence-electron chi connectivity index (χ3n) is 5.52. The molecule has 1 unspecified atom stereocenters. The van der Waals surface area contributed by atoms with Gasteiger partial charge in [-0.3, -0.25) is 9.36 Å². The van der Waals surface area contributed by atoms with Gasteiger partial charge in [0.05, 0.1) is 0 Å². The smallest absolute Gasteiger partial charge is 0.229 e. The number of halogens is 1. The van der Waals surface area contributed by atoms with Crippen LogP contribution in [-0.2, 0) is 4.74 Å². The molecule has 0 aliphatic carbocycles. The van der Waals surface area contributed by atoms with Crippen LogP contribution in [-0.4, -0.2) is 31.8 Å².